The van der Waals surface area contributed by atoms with Gasteiger partial charge in [0.05, 0.1) is 6.10 Å². The SMILES string of the molecule is CCO[C@@H]1CCNC[C@@H]1C.Cl. The molecule has 0 aromatic carbocycles. The van der Waals surface area contributed by atoms with Gasteiger partial charge < -0.3 is 10.1 Å². The standard InChI is InChI=1S/C8H17NO.ClH/c1-3-10-8-4-5-9-6-7(8)2;/h7-9H,3-6H2,1-2H3;1H/t7-,8+;/m0./s1. The Morgan fingerprint density at radius 2 is 2.27 bits per heavy atom. The summed E-state index contributed by atoms with van der Waals surface area (Å²) in [7, 11) is 0. The molecule has 0 saturated carbocycles. The third-order valence-corrected chi connectivity index (χ3v) is 2.09. The van der Waals surface area contributed by atoms with Gasteiger partial charge in [0.2, 0.25) is 0 Å². The first-order chi connectivity index (χ1) is 4.84. The fourth-order valence-electron chi connectivity index (χ4n) is 1.45. The molecule has 3 heteroatoms. The summed E-state index contributed by atoms with van der Waals surface area (Å²) < 4.78 is 5.56. The lowest BCUT2D eigenvalue weighted by Crippen LogP contribution is -2.39. The minimum absolute atomic E-state index is 0. The van der Waals surface area contributed by atoms with Crippen molar-refractivity contribution >= 4 is 12.4 Å². The summed E-state index contributed by atoms with van der Waals surface area (Å²) in [6, 6.07) is 0. The molecule has 1 aliphatic heterocycles. The molecule has 0 radical (unpaired) electrons. The zero-order valence-corrected chi connectivity index (χ0v) is 8.12. The quantitative estimate of drug-likeness (QED) is 0.693. The van der Waals surface area contributed by atoms with Crippen LogP contribution < -0.4 is 5.32 Å². The van der Waals surface area contributed by atoms with Crippen molar-refractivity contribution in [2.75, 3.05) is 19.7 Å². The van der Waals surface area contributed by atoms with Crippen LogP contribution in [0.15, 0.2) is 0 Å². The van der Waals surface area contributed by atoms with Gasteiger partial charge in [0.15, 0.2) is 0 Å². The fraction of sp³-hybridized carbons (Fsp3) is 1.00. The molecule has 0 aromatic rings. The summed E-state index contributed by atoms with van der Waals surface area (Å²) >= 11 is 0. The molecule has 0 aliphatic carbocycles. The van der Waals surface area contributed by atoms with Crippen LogP contribution in [0.5, 0.6) is 0 Å². The number of nitrogens with one attached hydrogen (secondary N) is 1. The van der Waals surface area contributed by atoms with E-state index in [-0.39, 0.29) is 12.4 Å². The van der Waals surface area contributed by atoms with Gasteiger partial charge in [-0.2, -0.15) is 0 Å². The number of rotatable bonds is 2. The average molecular weight is 180 g/mol. The maximum atomic E-state index is 5.56. The van der Waals surface area contributed by atoms with Crippen molar-refractivity contribution in [2.24, 2.45) is 5.92 Å². The Hall–Kier alpha value is 0.210. The lowest BCUT2D eigenvalue weighted by atomic mass is 9.98. The minimum atomic E-state index is 0. The largest absolute Gasteiger partial charge is 0.378 e. The van der Waals surface area contributed by atoms with Crippen molar-refractivity contribution in [3.63, 3.8) is 0 Å². The van der Waals surface area contributed by atoms with Gasteiger partial charge in [0, 0.05) is 13.2 Å². The van der Waals surface area contributed by atoms with Gasteiger partial charge in [-0.1, -0.05) is 6.92 Å². The van der Waals surface area contributed by atoms with Crippen LogP contribution in [0.4, 0.5) is 0 Å². The highest BCUT2D eigenvalue weighted by molar-refractivity contribution is 5.85. The molecule has 0 aromatic heterocycles. The molecule has 1 heterocycles. The highest BCUT2D eigenvalue weighted by atomic mass is 35.5. The normalized spacial score (nSPS) is 31.1. The first kappa shape index (κ1) is 11.2. The highest BCUT2D eigenvalue weighted by Gasteiger charge is 2.20. The van der Waals surface area contributed by atoms with Gasteiger partial charge in [-0.15, -0.1) is 12.4 Å². The molecule has 1 fully saturated rings. The maximum Gasteiger partial charge on any atom is 0.0624 e. The zero-order valence-electron chi connectivity index (χ0n) is 7.30. The van der Waals surface area contributed by atoms with Gasteiger partial charge in [-0.3, -0.25) is 0 Å². The number of piperidine rings is 1. The van der Waals surface area contributed by atoms with E-state index >= 15 is 0 Å². The van der Waals surface area contributed by atoms with E-state index in [0.29, 0.717) is 12.0 Å². The van der Waals surface area contributed by atoms with Crippen LogP contribution in [-0.2, 0) is 4.74 Å². The molecule has 0 bridgehead atoms. The highest BCUT2D eigenvalue weighted by Crippen LogP contribution is 2.13. The molecule has 1 aliphatic rings. The second-order valence-corrected chi connectivity index (χ2v) is 2.96. The lowest BCUT2D eigenvalue weighted by Gasteiger charge is -2.28. The molecule has 1 saturated heterocycles. The van der Waals surface area contributed by atoms with Crippen molar-refractivity contribution in [1.29, 1.82) is 0 Å². The van der Waals surface area contributed by atoms with Gasteiger partial charge >= 0.3 is 0 Å². The Kier molecular flexibility index (Phi) is 5.92. The molecular weight excluding hydrogens is 162 g/mol. The zero-order chi connectivity index (χ0) is 7.40. The van der Waals surface area contributed by atoms with Gasteiger partial charge in [-0.25, -0.2) is 0 Å². The van der Waals surface area contributed by atoms with E-state index in [4.69, 9.17) is 4.74 Å². The van der Waals surface area contributed by atoms with Crippen LogP contribution in [0, 0.1) is 5.92 Å². The topological polar surface area (TPSA) is 21.3 Å². The van der Waals surface area contributed by atoms with Crippen LogP contribution in [0.3, 0.4) is 0 Å². The summed E-state index contributed by atoms with van der Waals surface area (Å²) in [5.74, 6) is 0.689. The molecule has 68 valence electrons. The van der Waals surface area contributed by atoms with Crippen LogP contribution in [0.2, 0.25) is 0 Å². The Morgan fingerprint density at radius 3 is 2.82 bits per heavy atom. The Labute approximate surface area is 75.1 Å². The first-order valence-corrected chi connectivity index (χ1v) is 4.17. The predicted molar refractivity (Wildman–Crippen MR) is 49.3 cm³/mol. The van der Waals surface area contributed by atoms with Crippen LogP contribution in [0.1, 0.15) is 20.3 Å². The first-order valence-electron chi connectivity index (χ1n) is 4.17. The number of ether oxygens (including phenoxy) is 1. The minimum Gasteiger partial charge on any atom is -0.378 e. The van der Waals surface area contributed by atoms with Gasteiger partial charge in [-0.05, 0) is 25.8 Å². The molecule has 0 spiro atoms. The van der Waals surface area contributed by atoms with Crippen molar-refractivity contribution in [1.82, 2.24) is 5.32 Å². The summed E-state index contributed by atoms with van der Waals surface area (Å²) in [5, 5.41) is 3.34. The number of hydrogen-bond donors (Lipinski definition) is 1. The molecule has 2 nitrogen and oxygen atoms in total. The summed E-state index contributed by atoms with van der Waals surface area (Å²) in [6.45, 7) is 7.40. The fourth-order valence-corrected chi connectivity index (χ4v) is 1.45. The summed E-state index contributed by atoms with van der Waals surface area (Å²) in [6.07, 6.45) is 1.68. The molecule has 0 unspecified atom stereocenters. The molecular formula is C8H18ClNO. The van der Waals surface area contributed by atoms with E-state index in [1.54, 1.807) is 0 Å². The molecule has 1 rings (SSSR count). The van der Waals surface area contributed by atoms with Crippen molar-refractivity contribution in [3.05, 3.63) is 0 Å². The Balaban J connectivity index is 0.000001000. The predicted octanol–water partition coefficient (Wildman–Crippen LogP) is 1.44. The second kappa shape index (κ2) is 5.81. The third kappa shape index (κ3) is 3.41. The molecule has 0 amide bonds. The third-order valence-electron chi connectivity index (χ3n) is 2.09. The smallest absolute Gasteiger partial charge is 0.0624 e. The number of halogens is 1. The summed E-state index contributed by atoms with van der Waals surface area (Å²) in [5.41, 5.74) is 0. The van der Waals surface area contributed by atoms with Crippen molar-refractivity contribution < 1.29 is 4.74 Å². The van der Waals surface area contributed by atoms with Gasteiger partial charge in [0.25, 0.3) is 0 Å². The van der Waals surface area contributed by atoms with E-state index in [1.165, 1.54) is 6.42 Å². The molecule has 1 N–H and O–H groups in total. The van der Waals surface area contributed by atoms with Crippen LogP contribution in [0.25, 0.3) is 0 Å². The molecule has 11 heavy (non-hydrogen) atoms. The second-order valence-electron chi connectivity index (χ2n) is 2.96. The Morgan fingerprint density at radius 1 is 1.55 bits per heavy atom. The van der Waals surface area contributed by atoms with Crippen LogP contribution >= 0.6 is 12.4 Å². The molecule has 2 atom stereocenters. The van der Waals surface area contributed by atoms with E-state index in [0.717, 1.165) is 19.7 Å². The van der Waals surface area contributed by atoms with Gasteiger partial charge in [0.1, 0.15) is 0 Å². The van der Waals surface area contributed by atoms with Crippen molar-refractivity contribution in [3.8, 4) is 0 Å². The number of hydrogen-bond acceptors (Lipinski definition) is 2. The Bertz CT molecular complexity index is 98.1. The monoisotopic (exact) mass is 179 g/mol. The van der Waals surface area contributed by atoms with E-state index in [2.05, 4.69) is 19.2 Å². The van der Waals surface area contributed by atoms with E-state index in [9.17, 15) is 0 Å². The van der Waals surface area contributed by atoms with Crippen molar-refractivity contribution in [2.45, 2.75) is 26.4 Å². The average Bonchev–Trinajstić information content (AvgIpc) is 1.94. The van der Waals surface area contributed by atoms with E-state index < -0.39 is 0 Å². The lowest BCUT2D eigenvalue weighted by molar-refractivity contribution is 0.00817. The van der Waals surface area contributed by atoms with Crippen LogP contribution in [-0.4, -0.2) is 25.8 Å². The maximum absolute atomic E-state index is 5.56. The summed E-state index contributed by atoms with van der Waals surface area (Å²) in [4.78, 5) is 0. The van der Waals surface area contributed by atoms with E-state index in [1.807, 2.05) is 0 Å².